The molecular weight excluding hydrogens is 531 g/mol. The number of rotatable bonds is 8. The summed E-state index contributed by atoms with van der Waals surface area (Å²) in [5.74, 6) is 0.127. The lowest BCUT2D eigenvalue weighted by atomic mass is 10.0. The SMILES string of the molecule is C=CC(=O)N1CC(N(C)/C(=N/C)c2cc(Cl)c(-c3ccccc3F)nc2N(C=O)c2c(C)ccnc2C(C)C)C1. The van der Waals surface area contributed by atoms with Crippen LogP contribution < -0.4 is 4.90 Å². The number of aryl methyl sites for hydroxylation is 1. The highest BCUT2D eigenvalue weighted by atomic mass is 35.5. The molecule has 208 valence electrons. The third-order valence-corrected chi connectivity index (χ3v) is 7.33. The lowest BCUT2D eigenvalue weighted by molar-refractivity contribution is -0.131. The molecule has 0 radical (unpaired) electrons. The molecule has 2 aromatic heterocycles. The topological polar surface area (TPSA) is 82.0 Å². The second-order valence-corrected chi connectivity index (χ2v) is 10.3. The predicted octanol–water partition coefficient (Wildman–Crippen LogP) is 5.37. The normalized spacial score (nSPS) is 13.7. The van der Waals surface area contributed by atoms with Crippen LogP contribution in [0.4, 0.5) is 15.9 Å². The molecule has 1 aromatic carbocycles. The fraction of sp³-hybridized carbons (Fsp3) is 0.300. The molecule has 1 fully saturated rings. The summed E-state index contributed by atoms with van der Waals surface area (Å²) < 4.78 is 14.9. The summed E-state index contributed by atoms with van der Waals surface area (Å²) >= 11 is 6.75. The largest absolute Gasteiger partial charge is 0.353 e. The average Bonchev–Trinajstić information content (AvgIpc) is 2.90. The number of nitrogens with zero attached hydrogens (tertiary/aromatic N) is 6. The summed E-state index contributed by atoms with van der Waals surface area (Å²) in [5, 5.41) is 0.202. The van der Waals surface area contributed by atoms with Gasteiger partial charge in [0, 0.05) is 38.9 Å². The van der Waals surface area contributed by atoms with E-state index in [-0.39, 0.29) is 40.0 Å². The number of likely N-dealkylation sites (N-methyl/N-ethyl adjacent to an activating group) is 1. The second-order valence-electron chi connectivity index (χ2n) is 9.92. The van der Waals surface area contributed by atoms with E-state index in [1.54, 1.807) is 42.4 Å². The van der Waals surface area contributed by atoms with Crippen molar-refractivity contribution in [3.63, 3.8) is 0 Å². The van der Waals surface area contributed by atoms with Crippen molar-refractivity contribution in [2.75, 3.05) is 32.1 Å². The molecule has 3 heterocycles. The summed E-state index contributed by atoms with van der Waals surface area (Å²) in [6, 6.07) is 9.66. The second kappa shape index (κ2) is 12.0. The van der Waals surface area contributed by atoms with Gasteiger partial charge in [0.2, 0.25) is 12.3 Å². The van der Waals surface area contributed by atoms with Crippen LogP contribution in [-0.2, 0) is 9.59 Å². The van der Waals surface area contributed by atoms with Gasteiger partial charge in [-0.25, -0.2) is 9.37 Å². The third kappa shape index (κ3) is 5.34. The number of pyridine rings is 2. The molecule has 0 bridgehead atoms. The average molecular weight is 563 g/mol. The Labute approximate surface area is 238 Å². The molecule has 0 atom stereocenters. The highest BCUT2D eigenvalue weighted by Gasteiger charge is 2.35. The number of aliphatic imine (C=N–C) groups is 1. The molecule has 2 amide bonds. The van der Waals surface area contributed by atoms with Crippen molar-refractivity contribution in [1.29, 1.82) is 0 Å². The standard InChI is InChI=1S/C30H32ClFN6O2/c1-7-25(40)37-15-20(16-37)36(6)29(33-5)22-14-23(31)27(21-10-8-9-11-24(21)32)35-30(22)38(17-39)28-19(4)12-13-34-26(28)18(2)3/h7-14,17-18,20H,1,15-16H2,2-6H3/b33-29+. The maximum atomic E-state index is 14.9. The number of hydrogen-bond acceptors (Lipinski definition) is 5. The van der Waals surface area contributed by atoms with E-state index < -0.39 is 5.82 Å². The molecule has 3 aromatic rings. The first-order chi connectivity index (χ1) is 19.1. The van der Waals surface area contributed by atoms with Crippen LogP contribution in [0.5, 0.6) is 0 Å². The van der Waals surface area contributed by atoms with Crippen molar-refractivity contribution in [2.24, 2.45) is 4.99 Å². The number of amidine groups is 1. The molecule has 8 nitrogen and oxygen atoms in total. The molecule has 10 heteroatoms. The molecule has 0 saturated carbocycles. The van der Waals surface area contributed by atoms with Crippen LogP contribution in [0, 0.1) is 12.7 Å². The zero-order chi connectivity index (χ0) is 29.1. The van der Waals surface area contributed by atoms with Crippen molar-refractivity contribution in [3.05, 3.63) is 82.9 Å². The summed E-state index contributed by atoms with van der Waals surface area (Å²) in [5.41, 5.74) is 3.01. The Hall–Kier alpha value is -4.11. The van der Waals surface area contributed by atoms with Gasteiger partial charge in [-0.15, -0.1) is 0 Å². The number of aromatic nitrogens is 2. The van der Waals surface area contributed by atoms with E-state index in [1.807, 2.05) is 38.8 Å². The van der Waals surface area contributed by atoms with Gasteiger partial charge in [-0.1, -0.05) is 44.2 Å². The maximum Gasteiger partial charge on any atom is 0.246 e. The van der Waals surface area contributed by atoms with E-state index in [4.69, 9.17) is 16.6 Å². The smallest absolute Gasteiger partial charge is 0.246 e. The van der Waals surface area contributed by atoms with Crippen LogP contribution in [0.1, 0.15) is 36.6 Å². The summed E-state index contributed by atoms with van der Waals surface area (Å²) in [6.45, 7) is 10.4. The fourth-order valence-corrected chi connectivity index (χ4v) is 5.09. The molecule has 4 rings (SSSR count). The number of likely N-dealkylation sites (tertiary alicyclic amines) is 1. The summed E-state index contributed by atoms with van der Waals surface area (Å²) in [6.07, 6.45) is 3.68. The van der Waals surface area contributed by atoms with E-state index in [1.165, 1.54) is 17.0 Å². The Bertz CT molecular complexity index is 1490. The lowest BCUT2D eigenvalue weighted by Crippen LogP contribution is -2.61. The first kappa shape index (κ1) is 28.9. The van der Waals surface area contributed by atoms with Crippen molar-refractivity contribution in [3.8, 4) is 11.3 Å². The van der Waals surface area contributed by atoms with Crippen LogP contribution in [0.2, 0.25) is 5.02 Å². The first-order valence-corrected chi connectivity index (χ1v) is 13.3. The van der Waals surface area contributed by atoms with Crippen molar-refractivity contribution >= 4 is 41.3 Å². The monoisotopic (exact) mass is 562 g/mol. The summed E-state index contributed by atoms with van der Waals surface area (Å²) in [7, 11) is 3.51. The minimum absolute atomic E-state index is 0.00415. The van der Waals surface area contributed by atoms with E-state index in [0.717, 1.165) is 5.56 Å². The van der Waals surface area contributed by atoms with Gasteiger partial charge in [0.1, 0.15) is 11.7 Å². The molecule has 0 aliphatic carbocycles. The number of anilines is 2. The number of benzene rings is 1. The number of amides is 2. The Morgan fingerprint density at radius 1 is 1.27 bits per heavy atom. The maximum absolute atomic E-state index is 14.9. The fourth-order valence-electron chi connectivity index (χ4n) is 4.84. The van der Waals surface area contributed by atoms with Gasteiger partial charge < -0.3 is 9.80 Å². The molecular formula is C30H32ClFN6O2. The molecule has 1 saturated heterocycles. The number of carbonyl (C=O) groups is 2. The van der Waals surface area contributed by atoms with Crippen molar-refractivity contribution in [1.82, 2.24) is 19.8 Å². The highest BCUT2D eigenvalue weighted by molar-refractivity contribution is 6.33. The Kier molecular flexibility index (Phi) is 8.64. The molecule has 0 spiro atoms. The molecule has 1 aliphatic rings. The van der Waals surface area contributed by atoms with Gasteiger partial charge in [0.25, 0.3) is 0 Å². The van der Waals surface area contributed by atoms with E-state index in [9.17, 15) is 14.0 Å². The third-order valence-electron chi connectivity index (χ3n) is 7.04. The molecule has 1 aliphatic heterocycles. The minimum atomic E-state index is -0.489. The quantitative estimate of drug-likeness (QED) is 0.160. The Morgan fingerprint density at radius 2 is 1.98 bits per heavy atom. The van der Waals surface area contributed by atoms with E-state index >= 15 is 0 Å². The van der Waals surface area contributed by atoms with Crippen LogP contribution in [0.25, 0.3) is 11.3 Å². The summed E-state index contributed by atoms with van der Waals surface area (Å²) in [4.78, 5) is 43.9. The minimum Gasteiger partial charge on any atom is -0.353 e. The van der Waals surface area contributed by atoms with Crippen molar-refractivity contribution < 1.29 is 14.0 Å². The van der Waals surface area contributed by atoms with Gasteiger partial charge >= 0.3 is 0 Å². The molecule has 0 N–H and O–H groups in total. The van der Waals surface area contributed by atoms with E-state index in [0.29, 0.717) is 42.3 Å². The van der Waals surface area contributed by atoms with Crippen LogP contribution in [-0.4, -0.2) is 71.1 Å². The Morgan fingerprint density at radius 3 is 2.58 bits per heavy atom. The number of halogens is 2. The van der Waals surface area contributed by atoms with Gasteiger partial charge in [-0.3, -0.25) is 24.5 Å². The lowest BCUT2D eigenvalue weighted by Gasteiger charge is -2.44. The van der Waals surface area contributed by atoms with Gasteiger partial charge in [0.15, 0.2) is 5.82 Å². The van der Waals surface area contributed by atoms with E-state index in [2.05, 4.69) is 16.6 Å². The zero-order valence-electron chi connectivity index (χ0n) is 23.2. The van der Waals surface area contributed by atoms with Gasteiger partial charge in [-0.05, 0) is 48.7 Å². The number of carbonyl (C=O) groups excluding carboxylic acids is 2. The molecule has 40 heavy (non-hydrogen) atoms. The Balaban J connectivity index is 1.92. The zero-order valence-corrected chi connectivity index (χ0v) is 24.0. The van der Waals surface area contributed by atoms with Gasteiger partial charge in [0.05, 0.1) is 33.7 Å². The first-order valence-electron chi connectivity index (χ1n) is 12.9. The van der Waals surface area contributed by atoms with Crippen LogP contribution in [0.15, 0.2) is 60.2 Å². The van der Waals surface area contributed by atoms with Crippen molar-refractivity contribution in [2.45, 2.75) is 32.7 Å². The highest BCUT2D eigenvalue weighted by Crippen LogP contribution is 2.39. The van der Waals surface area contributed by atoms with Crippen LogP contribution in [0.3, 0.4) is 0 Å². The van der Waals surface area contributed by atoms with Crippen LogP contribution >= 0.6 is 11.6 Å². The predicted molar refractivity (Wildman–Crippen MR) is 157 cm³/mol. The van der Waals surface area contributed by atoms with Gasteiger partial charge in [-0.2, -0.15) is 0 Å². The molecule has 0 unspecified atom stereocenters. The number of hydrogen-bond donors (Lipinski definition) is 0.